The third kappa shape index (κ3) is 3.32. The summed E-state index contributed by atoms with van der Waals surface area (Å²) >= 11 is 0. The average molecular weight is 355 g/mol. The lowest BCUT2D eigenvalue weighted by atomic mass is 9.85. The summed E-state index contributed by atoms with van der Waals surface area (Å²) in [7, 11) is 0. The van der Waals surface area contributed by atoms with E-state index >= 15 is 0 Å². The molecular weight excluding hydrogens is 326 g/mol. The van der Waals surface area contributed by atoms with Gasteiger partial charge in [-0.15, -0.1) is 0 Å². The Labute approximate surface area is 155 Å². The largest absolute Gasteiger partial charge is 0.365 e. The number of amides is 1. The van der Waals surface area contributed by atoms with Gasteiger partial charge in [-0.05, 0) is 51.0 Å². The Morgan fingerprint density at radius 3 is 2.58 bits per heavy atom. The molecule has 0 unspecified atom stereocenters. The molecule has 1 amide bonds. The number of nitrogens with two attached hydrogens (primary N) is 1. The minimum absolute atomic E-state index is 0.321. The second-order valence-electron chi connectivity index (χ2n) is 8.17. The Kier molecular flexibility index (Phi) is 4.78. The molecule has 6 heteroatoms. The van der Waals surface area contributed by atoms with Gasteiger partial charge in [0.1, 0.15) is 5.82 Å². The highest BCUT2D eigenvalue weighted by molar-refractivity contribution is 6.01. The number of nitrogens with one attached hydrogen (secondary N) is 1. The highest BCUT2D eigenvalue weighted by atomic mass is 16.1. The smallest absolute Gasteiger partial charge is 0.252 e. The molecule has 6 nitrogen and oxygen atoms in total. The fourth-order valence-electron chi connectivity index (χ4n) is 3.96. The molecular formula is C20H29N5O. The second-order valence-corrected chi connectivity index (χ2v) is 8.17. The molecule has 0 spiro atoms. The van der Waals surface area contributed by atoms with Crippen molar-refractivity contribution in [1.82, 2.24) is 15.2 Å². The normalized spacial score (nSPS) is 17.2. The van der Waals surface area contributed by atoms with Crippen molar-refractivity contribution >= 4 is 11.7 Å². The molecule has 26 heavy (non-hydrogen) atoms. The summed E-state index contributed by atoms with van der Waals surface area (Å²) in [5.74, 6) is 0.296. The van der Waals surface area contributed by atoms with Crippen molar-refractivity contribution in [2.45, 2.75) is 53.9 Å². The predicted molar refractivity (Wildman–Crippen MR) is 104 cm³/mol. The van der Waals surface area contributed by atoms with Gasteiger partial charge in [0.15, 0.2) is 0 Å². The molecule has 1 saturated heterocycles. The first kappa shape index (κ1) is 18.4. The first-order chi connectivity index (χ1) is 12.2. The molecule has 1 fully saturated rings. The summed E-state index contributed by atoms with van der Waals surface area (Å²) in [6, 6.07) is 0. The van der Waals surface area contributed by atoms with Gasteiger partial charge >= 0.3 is 0 Å². The number of pyridine rings is 1. The number of nitrogens with zero attached hydrogens (tertiary/aromatic N) is 3. The molecule has 0 aromatic carbocycles. The summed E-state index contributed by atoms with van der Waals surface area (Å²) in [6.07, 6.45) is 5.21. The fraction of sp³-hybridized carbons (Fsp3) is 0.550. The molecule has 3 N–H and O–H groups in total. The van der Waals surface area contributed by atoms with Gasteiger partial charge in [-0.1, -0.05) is 13.8 Å². The number of primary amides is 1. The summed E-state index contributed by atoms with van der Waals surface area (Å²) in [6.45, 7) is 12.3. The van der Waals surface area contributed by atoms with Crippen molar-refractivity contribution in [3.8, 4) is 11.1 Å². The average Bonchev–Trinajstić information content (AvgIpc) is 2.77. The number of hydrogen-bond donors (Lipinski definition) is 2. The molecule has 3 heterocycles. The minimum Gasteiger partial charge on any atom is -0.365 e. The van der Waals surface area contributed by atoms with Gasteiger partial charge in [0, 0.05) is 36.1 Å². The van der Waals surface area contributed by atoms with Crippen molar-refractivity contribution < 1.29 is 4.79 Å². The van der Waals surface area contributed by atoms with Crippen molar-refractivity contribution in [2.75, 3.05) is 18.0 Å². The Morgan fingerprint density at radius 2 is 1.96 bits per heavy atom. The number of aromatic nitrogens is 3. The maximum absolute atomic E-state index is 12.3. The van der Waals surface area contributed by atoms with Crippen LogP contribution in [0.15, 0.2) is 6.20 Å². The lowest BCUT2D eigenvalue weighted by molar-refractivity contribution is 0.1000. The molecule has 0 aliphatic carbocycles. The number of aromatic amines is 1. The van der Waals surface area contributed by atoms with E-state index in [2.05, 4.69) is 28.9 Å². The van der Waals surface area contributed by atoms with Gasteiger partial charge in [0.2, 0.25) is 0 Å². The van der Waals surface area contributed by atoms with Crippen LogP contribution in [0, 0.1) is 26.2 Å². The monoisotopic (exact) mass is 355 g/mol. The van der Waals surface area contributed by atoms with Crippen LogP contribution in [0.1, 0.15) is 60.4 Å². The molecule has 3 rings (SSSR count). The molecule has 2 aromatic heterocycles. The maximum atomic E-state index is 12.3. The van der Waals surface area contributed by atoms with E-state index in [-0.39, 0.29) is 0 Å². The number of carbonyl (C=O) groups excluding carboxylic acids is 1. The van der Waals surface area contributed by atoms with Crippen LogP contribution in [0.25, 0.3) is 11.1 Å². The zero-order valence-corrected chi connectivity index (χ0v) is 16.4. The van der Waals surface area contributed by atoms with Crippen molar-refractivity contribution in [3.63, 3.8) is 0 Å². The van der Waals surface area contributed by atoms with Crippen LogP contribution >= 0.6 is 0 Å². The molecule has 140 valence electrons. The van der Waals surface area contributed by atoms with Gasteiger partial charge < -0.3 is 10.6 Å². The van der Waals surface area contributed by atoms with E-state index in [0.717, 1.165) is 59.8 Å². The van der Waals surface area contributed by atoms with Crippen LogP contribution in [-0.2, 0) is 0 Å². The third-order valence-electron chi connectivity index (χ3n) is 5.60. The fourth-order valence-corrected chi connectivity index (χ4v) is 3.96. The van der Waals surface area contributed by atoms with Crippen molar-refractivity contribution in [2.24, 2.45) is 11.1 Å². The number of rotatable bonds is 3. The quantitative estimate of drug-likeness (QED) is 0.882. The number of H-pyrrole nitrogens is 1. The summed E-state index contributed by atoms with van der Waals surface area (Å²) < 4.78 is 0. The van der Waals surface area contributed by atoms with Crippen molar-refractivity contribution in [3.05, 3.63) is 28.7 Å². The number of aryl methyl sites for hydroxylation is 2. The SMILES string of the molecule is Cc1n[nH]c(C)c1-c1cnc(N2CCCC(C)(C)CC2)c(C(N)=O)c1C. The molecule has 1 aliphatic rings. The van der Waals surface area contributed by atoms with Crippen LogP contribution in [0.5, 0.6) is 0 Å². The van der Waals surface area contributed by atoms with E-state index in [1.54, 1.807) is 0 Å². The lowest BCUT2D eigenvalue weighted by Gasteiger charge is -2.26. The van der Waals surface area contributed by atoms with Crippen LogP contribution in [0.2, 0.25) is 0 Å². The zero-order chi connectivity index (χ0) is 19.1. The third-order valence-corrected chi connectivity index (χ3v) is 5.60. The van der Waals surface area contributed by atoms with Gasteiger partial charge in [-0.3, -0.25) is 9.89 Å². The molecule has 0 saturated carbocycles. The Bertz CT molecular complexity index is 817. The summed E-state index contributed by atoms with van der Waals surface area (Å²) in [4.78, 5) is 19.2. The minimum atomic E-state index is -0.422. The highest BCUT2D eigenvalue weighted by Gasteiger charge is 2.27. The predicted octanol–water partition coefficient (Wildman–Crippen LogP) is 3.51. The molecule has 0 atom stereocenters. The first-order valence-corrected chi connectivity index (χ1v) is 9.27. The van der Waals surface area contributed by atoms with Crippen LogP contribution in [0.3, 0.4) is 0 Å². The summed E-state index contributed by atoms with van der Waals surface area (Å²) in [5.41, 5.74) is 11.3. The van der Waals surface area contributed by atoms with Gasteiger partial charge in [0.05, 0.1) is 11.3 Å². The number of carbonyl (C=O) groups is 1. The topological polar surface area (TPSA) is 87.9 Å². The van der Waals surface area contributed by atoms with Crippen molar-refractivity contribution in [1.29, 1.82) is 0 Å². The standard InChI is InChI=1S/C20H29N5O/c1-12-15(17-13(2)23-24-14(17)3)11-22-19(16(12)18(21)26)25-9-6-7-20(4,5)8-10-25/h11H,6-10H2,1-5H3,(H2,21,26)(H,23,24). The van der Waals surface area contributed by atoms with E-state index in [1.807, 2.05) is 27.0 Å². The molecule has 2 aromatic rings. The van der Waals surface area contributed by atoms with E-state index in [0.29, 0.717) is 11.0 Å². The summed E-state index contributed by atoms with van der Waals surface area (Å²) in [5, 5.41) is 7.27. The highest BCUT2D eigenvalue weighted by Crippen LogP contribution is 2.36. The van der Waals surface area contributed by atoms with Gasteiger partial charge in [-0.2, -0.15) is 5.10 Å². The molecule has 1 aliphatic heterocycles. The van der Waals surface area contributed by atoms with Crippen LogP contribution < -0.4 is 10.6 Å². The first-order valence-electron chi connectivity index (χ1n) is 9.27. The van der Waals surface area contributed by atoms with Gasteiger partial charge in [0.25, 0.3) is 5.91 Å². The lowest BCUT2D eigenvalue weighted by Crippen LogP contribution is -2.29. The maximum Gasteiger partial charge on any atom is 0.252 e. The van der Waals surface area contributed by atoms with E-state index < -0.39 is 5.91 Å². The Balaban J connectivity index is 2.08. The zero-order valence-electron chi connectivity index (χ0n) is 16.4. The Morgan fingerprint density at radius 1 is 1.23 bits per heavy atom. The Hall–Kier alpha value is -2.37. The molecule has 0 radical (unpaired) electrons. The van der Waals surface area contributed by atoms with Crippen LogP contribution in [-0.4, -0.2) is 34.2 Å². The molecule has 0 bridgehead atoms. The van der Waals surface area contributed by atoms with Crippen LogP contribution in [0.4, 0.5) is 5.82 Å². The second kappa shape index (κ2) is 6.74. The number of anilines is 1. The van der Waals surface area contributed by atoms with E-state index in [9.17, 15) is 4.79 Å². The van der Waals surface area contributed by atoms with E-state index in [1.165, 1.54) is 6.42 Å². The van der Waals surface area contributed by atoms with E-state index in [4.69, 9.17) is 10.7 Å². The number of hydrogen-bond acceptors (Lipinski definition) is 4. The van der Waals surface area contributed by atoms with Gasteiger partial charge in [-0.25, -0.2) is 4.98 Å².